The van der Waals surface area contributed by atoms with Crippen LogP contribution in [-0.2, 0) is 16.4 Å². The van der Waals surface area contributed by atoms with E-state index >= 15 is 0 Å². The van der Waals surface area contributed by atoms with Crippen molar-refractivity contribution >= 4 is 37.4 Å². The summed E-state index contributed by atoms with van der Waals surface area (Å²) in [6.07, 6.45) is 2.43. The van der Waals surface area contributed by atoms with E-state index < -0.39 is 15.9 Å². The predicted molar refractivity (Wildman–Crippen MR) is 109 cm³/mol. The fraction of sp³-hybridized carbons (Fsp3) is 0.350. The Kier molecular flexibility index (Phi) is 5.27. The largest absolute Gasteiger partial charge is 0.455 e. The molecule has 1 N–H and O–H groups in total. The molecule has 3 heterocycles. The van der Waals surface area contributed by atoms with Crippen LogP contribution >= 0.6 is 11.3 Å². The molecule has 2 aromatic heterocycles. The molecule has 0 atom stereocenters. The van der Waals surface area contributed by atoms with Gasteiger partial charge in [-0.05, 0) is 48.6 Å². The lowest BCUT2D eigenvalue weighted by Crippen LogP contribution is -2.28. The highest BCUT2D eigenvalue weighted by molar-refractivity contribution is 7.89. The minimum Gasteiger partial charge on any atom is -0.455 e. The van der Waals surface area contributed by atoms with Crippen LogP contribution in [0.2, 0.25) is 0 Å². The molecule has 0 unspecified atom stereocenters. The van der Waals surface area contributed by atoms with E-state index in [1.54, 1.807) is 18.3 Å². The molecule has 1 amide bonds. The molecule has 8 heteroatoms. The maximum absolute atomic E-state index is 12.7. The Bertz CT molecular complexity index is 1110. The van der Waals surface area contributed by atoms with E-state index in [-0.39, 0.29) is 16.4 Å². The number of aryl methyl sites for hydroxylation is 1. The van der Waals surface area contributed by atoms with Gasteiger partial charge in [0, 0.05) is 30.4 Å². The molecule has 0 spiro atoms. The predicted octanol–water partition coefficient (Wildman–Crippen LogP) is 3.56. The first-order valence-electron chi connectivity index (χ1n) is 9.31. The van der Waals surface area contributed by atoms with E-state index in [1.807, 2.05) is 12.1 Å². The number of hydrogen-bond acceptors (Lipinski definition) is 5. The Labute approximate surface area is 168 Å². The molecule has 1 saturated heterocycles. The van der Waals surface area contributed by atoms with Crippen molar-refractivity contribution in [2.75, 3.05) is 19.6 Å². The third-order valence-electron chi connectivity index (χ3n) is 5.02. The Morgan fingerprint density at radius 1 is 1.25 bits per heavy atom. The number of amides is 1. The van der Waals surface area contributed by atoms with E-state index in [1.165, 1.54) is 26.0 Å². The minimum atomic E-state index is -3.60. The zero-order chi connectivity index (χ0) is 19.7. The summed E-state index contributed by atoms with van der Waals surface area (Å²) in [4.78, 5) is 12.5. The van der Waals surface area contributed by atoms with Gasteiger partial charge in [0.25, 0.3) is 5.91 Å². The lowest BCUT2D eigenvalue weighted by molar-refractivity contribution is 0.0925. The van der Waals surface area contributed by atoms with Gasteiger partial charge in [-0.3, -0.25) is 4.79 Å². The standard InChI is InChI=1S/C20H22N2O4S2/c1-14-19(28(24,25)22-10-4-5-11-22)12-17(26-14)20(23)21-9-8-15-13-27-18-7-3-2-6-16(15)18/h2-3,6-7,12-13H,4-5,8-11H2,1H3,(H,21,23). The Balaban J connectivity index is 1.43. The summed E-state index contributed by atoms with van der Waals surface area (Å²) in [5.74, 6) is -0.114. The lowest BCUT2D eigenvalue weighted by Gasteiger charge is -2.14. The van der Waals surface area contributed by atoms with Crippen LogP contribution in [0.4, 0.5) is 0 Å². The molecule has 28 heavy (non-hydrogen) atoms. The topological polar surface area (TPSA) is 79.6 Å². The maximum atomic E-state index is 12.7. The van der Waals surface area contributed by atoms with Crippen LogP contribution in [0.25, 0.3) is 10.1 Å². The number of benzene rings is 1. The first-order valence-corrected chi connectivity index (χ1v) is 11.6. The molecule has 0 bridgehead atoms. The van der Waals surface area contributed by atoms with E-state index in [4.69, 9.17) is 4.42 Å². The fourth-order valence-electron chi connectivity index (χ4n) is 3.53. The molecule has 1 aliphatic rings. The summed E-state index contributed by atoms with van der Waals surface area (Å²) >= 11 is 1.69. The van der Waals surface area contributed by atoms with Crippen LogP contribution in [0.1, 0.15) is 34.7 Å². The Morgan fingerprint density at radius 2 is 2.00 bits per heavy atom. The van der Waals surface area contributed by atoms with Gasteiger partial charge >= 0.3 is 0 Å². The van der Waals surface area contributed by atoms with Crippen molar-refractivity contribution in [3.8, 4) is 0 Å². The van der Waals surface area contributed by atoms with Crippen molar-refractivity contribution in [1.82, 2.24) is 9.62 Å². The second kappa shape index (κ2) is 7.69. The number of carbonyl (C=O) groups excluding carboxylic acids is 1. The number of rotatable bonds is 6. The van der Waals surface area contributed by atoms with Gasteiger partial charge in [0.2, 0.25) is 10.0 Å². The number of nitrogens with one attached hydrogen (secondary N) is 1. The molecule has 0 aliphatic carbocycles. The number of thiophene rings is 1. The van der Waals surface area contributed by atoms with Gasteiger partial charge in [-0.25, -0.2) is 8.42 Å². The Hall–Kier alpha value is -2.16. The summed E-state index contributed by atoms with van der Waals surface area (Å²) in [6, 6.07) is 9.52. The van der Waals surface area contributed by atoms with Gasteiger partial charge in [0.1, 0.15) is 10.7 Å². The van der Waals surface area contributed by atoms with Crippen LogP contribution in [0, 0.1) is 6.92 Å². The van der Waals surface area contributed by atoms with Gasteiger partial charge < -0.3 is 9.73 Å². The Morgan fingerprint density at radius 3 is 2.79 bits per heavy atom. The normalized spacial score (nSPS) is 15.3. The van der Waals surface area contributed by atoms with Crippen molar-refractivity contribution in [2.24, 2.45) is 0 Å². The monoisotopic (exact) mass is 418 g/mol. The summed E-state index contributed by atoms with van der Waals surface area (Å²) in [5, 5.41) is 6.14. The molecule has 4 rings (SSSR count). The molecule has 1 aliphatic heterocycles. The highest BCUT2D eigenvalue weighted by atomic mass is 32.2. The summed E-state index contributed by atoms with van der Waals surface area (Å²) < 4.78 is 33.6. The van der Waals surface area contributed by atoms with Crippen molar-refractivity contribution in [3.05, 3.63) is 52.8 Å². The number of fused-ring (bicyclic) bond motifs is 1. The van der Waals surface area contributed by atoms with Crippen molar-refractivity contribution in [1.29, 1.82) is 0 Å². The van der Waals surface area contributed by atoms with Gasteiger partial charge in [0.05, 0.1) is 0 Å². The second-order valence-corrected chi connectivity index (χ2v) is 9.72. The third kappa shape index (κ3) is 3.59. The highest BCUT2D eigenvalue weighted by Crippen LogP contribution is 2.27. The minimum absolute atomic E-state index is 0.0328. The third-order valence-corrected chi connectivity index (χ3v) is 8.04. The van der Waals surface area contributed by atoms with Crippen LogP contribution in [0.5, 0.6) is 0 Å². The smallest absolute Gasteiger partial charge is 0.287 e. The van der Waals surface area contributed by atoms with Gasteiger partial charge in [0.15, 0.2) is 5.76 Å². The molecule has 1 fully saturated rings. The van der Waals surface area contributed by atoms with Gasteiger partial charge in [-0.1, -0.05) is 18.2 Å². The quantitative estimate of drug-likeness (QED) is 0.664. The zero-order valence-corrected chi connectivity index (χ0v) is 17.2. The average molecular weight is 419 g/mol. The number of nitrogens with zero attached hydrogens (tertiary/aromatic N) is 1. The van der Waals surface area contributed by atoms with Crippen molar-refractivity contribution in [3.63, 3.8) is 0 Å². The second-order valence-electron chi connectivity index (χ2n) is 6.91. The van der Waals surface area contributed by atoms with Crippen molar-refractivity contribution in [2.45, 2.75) is 31.1 Å². The molecule has 3 aromatic rings. The van der Waals surface area contributed by atoms with Crippen LogP contribution in [0.15, 0.2) is 45.0 Å². The molecular formula is C20H22N2O4S2. The fourth-order valence-corrected chi connectivity index (χ4v) is 6.20. The number of furan rings is 1. The molecule has 1 aromatic carbocycles. The molecular weight excluding hydrogens is 396 g/mol. The summed E-state index contributed by atoms with van der Waals surface area (Å²) in [6.45, 7) is 3.07. The van der Waals surface area contributed by atoms with E-state index in [0.29, 0.717) is 26.1 Å². The first-order chi connectivity index (χ1) is 13.5. The number of sulfonamides is 1. The highest BCUT2D eigenvalue weighted by Gasteiger charge is 2.31. The maximum Gasteiger partial charge on any atom is 0.287 e. The summed E-state index contributed by atoms with van der Waals surface area (Å²) in [7, 11) is -3.60. The van der Waals surface area contributed by atoms with E-state index in [0.717, 1.165) is 12.8 Å². The molecule has 148 valence electrons. The zero-order valence-electron chi connectivity index (χ0n) is 15.6. The molecule has 6 nitrogen and oxygen atoms in total. The number of carbonyl (C=O) groups is 1. The number of hydrogen-bond donors (Lipinski definition) is 1. The van der Waals surface area contributed by atoms with Gasteiger partial charge in [-0.2, -0.15) is 4.31 Å². The van der Waals surface area contributed by atoms with E-state index in [9.17, 15) is 13.2 Å². The average Bonchev–Trinajstić information content (AvgIpc) is 3.41. The van der Waals surface area contributed by atoms with Gasteiger partial charge in [-0.15, -0.1) is 11.3 Å². The van der Waals surface area contributed by atoms with E-state index in [2.05, 4.69) is 22.8 Å². The van der Waals surface area contributed by atoms with Crippen molar-refractivity contribution < 1.29 is 17.6 Å². The van der Waals surface area contributed by atoms with Crippen LogP contribution in [0.3, 0.4) is 0 Å². The first kappa shape index (κ1) is 19.2. The molecule has 0 saturated carbocycles. The SMILES string of the molecule is Cc1oc(C(=O)NCCc2csc3ccccc23)cc1S(=O)(=O)N1CCCC1. The lowest BCUT2D eigenvalue weighted by atomic mass is 10.1. The summed E-state index contributed by atoms with van der Waals surface area (Å²) in [5.41, 5.74) is 1.19. The van der Waals surface area contributed by atoms with Crippen LogP contribution < -0.4 is 5.32 Å². The molecule has 0 radical (unpaired) electrons. The van der Waals surface area contributed by atoms with Crippen LogP contribution in [-0.4, -0.2) is 38.3 Å².